The van der Waals surface area contributed by atoms with Crippen LogP contribution in [0.2, 0.25) is 0 Å². The second-order valence-corrected chi connectivity index (χ2v) is 12.4. The molecule has 0 bridgehead atoms. The quantitative estimate of drug-likeness (QED) is 0.326. The molecule has 0 unspecified atom stereocenters. The zero-order valence-electron chi connectivity index (χ0n) is 17.9. The highest BCUT2D eigenvalue weighted by atomic mass is 32.2. The molecule has 0 aliphatic heterocycles. The van der Waals surface area contributed by atoms with Gasteiger partial charge in [-0.25, -0.2) is 8.42 Å². The van der Waals surface area contributed by atoms with E-state index in [0.29, 0.717) is 9.79 Å². The van der Waals surface area contributed by atoms with Crippen LogP contribution >= 0.6 is 23.5 Å². The molecule has 0 fully saturated rings. The SMILES string of the molecule is CCC(C)(CC)Sc1ccc(S(=O)(=O)c2ccc(Sc3ccc(C)cc3)cc2)cc1. The van der Waals surface area contributed by atoms with Crippen molar-refractivity contribution in [2.45, 2.75) is 69.8 Å². The van der Waals surface area contributed by atoms with Gasteiger partial charge in [-0.3, -0.25) is 0 Å². The fourth-order valence-corrected chi connectivity index (χ4v) is 6.14. The van der Waals surface area contributed by atoms with Crippen LogP contribution in [-0.4, -0.2) is 13.2 Å². The van der Waals surface area contributed by atoms with Crippen molar-refractivity contribution in [1.82, 2.24) is 0 Å². The average Bonchev–Trinajstić information content (AvgIpc) is 2.76. The van der Waals surface area contributed by atoms with Crippen LogP contribution in [0.25, 0.3) is 0 Å². The summed E-state index contributed by atoms with van der Waals surface area (Å²) >= 11 is 3.44. The van der Waals surface area contributed by atoms with Crippen LogP contribution in [0.3, 0.4) is 0 Å². The van der Waals surface area contributed by atoms with E-state index in [9.17, 15) is 8.42 Å². The van der Waals surface area contributed by atoms with Crippen molar-refractivity contribution in [1.29, 1.82) is 0 Å². The first kappa shape index (κ1) is 23.0. The zero-order chi connectivity index (χ0) is 21.8. The third-order valence-corrected chi connectivity index (χ3v) is 9.76. The minimum Gasteiger partial charge on any atom is -0.219 e. The summed E-state index contributed by atoms with van der Waals surface area (Å²) in [6.07, 6.45) is 2.14. The lowest BCUT2D eigenvalue weighted by Crippen LogP contribution is -2.16. The number of hydrogen-bond donors (Lipinski definition) is 0. The highest BCUT2D eigenvalue weighted by Crippen LogP contribution is 2.38. The van der Waals surface area contributed by atoms with Crippen molar-refractivity contribution in [3.05, 3.63) is 78.4 Å². The normalized spacial score (nSPS) is 12.1. The van der Waals surface area contributed by atoms with E-state index in [2.05, 4.69) is 52.0 Å². The number of sulfone groups is 1. The first-order valence-corrected chi connectivity index (χ1v) is 13.3. The molecule has 2 nitrogen and oxygen atoms in total. The Balaban J connectivity index is 1.75. The molecule has 0 saturated heterocycles. The molecule has 30 heavy (non-hydrogen) atoms. The van der Waals surface area contributed by atoms with Gasteiger partial charge >= 0.3 is 0 Å². The fourth-order valence-electron chi connectivity index (χ4n) is 2.93. The molecule has 0 heterocycles. The molecule has 0 atom stereocenters. The van der Waals surface area contributed by atoms with Crippen LogP contribution in [-0.2, 0) is 9.84 Å². The minimum absolute atomic E-state index is 0.172. The number of aryl methyl sites for hydroxylation is 1. The standard InChI is InChI=1S/C25H28O2S3/c1-5-25(4,6-2)29-22-13-17-24(18-14-22)30(26,27)23-15-11-21(12-16-23)28-20-9-7-19(3)8-10-20/h7-18H,5-6H2,1-4H3. The lowest BCUT2D eigenvalue weighted by Gasteiger charge is -2.25. The van der Waals surface area contributed by atoms with E-state index < -0.39 is 9.84 Å². The predicted molar refractivity (Wildman–Crippen MR) is 128 cm³/mol. The van der Waals surface area contributed by atoms with Gasteiger partial charge in [0.2, 0.25) is 9.84 Å². The largest absolute Gasteiger partial charge is 0.219 e. The van der Waals surface area contributed by atoms with E-state index in [4.69, 9.17) is 0 Å². The maximum Gasteiger partial charge on any atom is 0.206 e. The lowest BCUT2D eigenvalue weighted by atomic mass is 10.1. The maximum absolute atomic E-state index is 13.0. The lowest BCUT2D eigenvalue weighted by molar-refractivity contribution is 0.595. The summed E-state index contributed by atoms with van der Waals surface area (Å²) in [5.41, 5.74) is 1.22. The summed E-state index contributed by atoms with van der Waals surface area (Å²) in [6.45, 7) is 8.69. The molecule has 5 heteroatoms. The third-order valence-electron chi connectivity index (χ3n) is 5.38. The van der Waals surface area contributed by atoms with E-state index in [1.807, 2.05) is 36.0 Å². The van der Waals surface area contributed by atoms with Gasteiger partial charge in [0, 0.05) is 19.4 Å². The third kappa shape index (κ3) is 5.51. The summed E-state index contributed by atoms with van der Waals surface area (Å²) < 4.78 is 26.2. The maximum atomic E-state index is 13.0. The fraction of sp³-hybridized carbons (Fsp3) is 0.280. The van der Waals surface area contributed by atoms with Gasteiger partial charge in [-0.15, -0.1) is 11.8 Å². The van der Waals surface area contributed by atoms with Crippen molar-refractivity contribution in [2.75, 3.05) is 0 Å². The Hall–Kier alpha value is -1.69. The zero-order valence-corrected chi connectivity index (χ0v) is 20.3. The van der Waals surface area contributed by atoms with Gasteiger partial charge in [-0.1, -0.05) is 50.2 Å². The molecule has 0 aliphatic rings. The van der Waals surface area contributed by atoms with E-state index >= 15 is 0 Å². The van der Waals surface area contributed by atoms with Crippen LogP contribution < -0.4 is 0 Å². The molecular formula is C25H28O2S3. The molecule has 0 radical (unpaired) electrons. The first-order valence-electron chi connectivity index (χ1n) is 10.1. The van der Waals surface area contributed by atoms with Crippen LogP contribution in [0.1, 0.15) is 39.2 Å². The van der Waals surface area contributed by atoms with Gasteiger partial charge in [-0.2, -0.15) is 0 Å². The van der Waals surface area contributed by atoms with E-state index in [1.54, 1.807) is 36.0 Å². The summed E-state index contributed by atoms with van der Waals surface area (Å²) in [6, 6.07) is 22.7. The Morgan fingerprint density at radius 3 is 1.53 bits per heavy atom. The Morgan fingerprint density at radius 2 is 1.10 bits per heavy atom. The topological polar surface area (TPSA) is 34.1 Å². The van der Waals surface area contributed by atoms with Gasteiger partial charge in [-0.05, 0) is 80.4 Å². The van der Waals surface area contributed by atoms with Gasteiger partial charge in [0.15, 0.2) is 0 Å². The monoisotopic (exact) mass is 456 g/mol. The van der Waals surface area contributed by atoms with Crippen molar-refractivity contribution >= 4 is 33.4 Å². The van der Waals surface area contributed by atoms with Gasteiger partial charge in [0.25, 0.3) is 0 Å². The average molecular weight is 457 g/mol. The highest BCUT2D eigenvalue weighted by Gasteiger charge is 2.22. The summed E-state index contributed by atoms with van der Waals surface area (Å²) in [5, 5.41) is 0. The van der Waals surface area contributed by atoms with E-state index in [1.165, 1.54) is 5.56 Å². The van der Waals surface area contributed by atoms with Gasteiger partial charge < -0.3 is 0 Å². The molecule has 0 spiro atoms. The van der Waals surface area contributed by atoms with Crippen LogP contribution in [0, 0.1) is 6.92 Å². The van der Waals surface area contributed by atoms with Gasteiger partial charge in [0.05, 0.1) is 9.79 Å². The summed E-state index contributed by atoms with van der Waals surface area (Å²) in [5.74, 6) is 0. The van der Waals surface area contributed by atoms with Crippen molar-refractivity contribution in [2.24, 2.45) is 0 Å². The van der Waals surface area contributed by atoms with Crippen LogP contribution in [0.5, 0.6) is 0 Å². The van der Waals surface area contributed by atoms with Crippen molar-refractivity contribution < 1.29 is 8.42 Å². The highest BCUT2D eigenvalue weighted by molar-refractivity contribution is 8.00. The van der Waals surface area contributed by atoms with Gasteiger partial charge in [0.1, 0.15) is 0 Å². The Morgan fingerprint density at radius 1 is 0.700 bits per heavy atom. The predicted octanol–water partition coefficient (Wildman–Crippen LogP) is 7.65. The second kappa shape index (κ2) is 9.63. The minimum atomic E-state index is -3.52. The second-order valence-electron chi connectivity index (χ2n) is 7.62. The molecular weight excluding hydrogens is 428 g/mol. The molecule has 158 valence electrons. The van der Waals surface area contributed by atoms with Crippen LogP contribution in [0.4, 0.5) is 0 Å². The number of rotatable bonds is 8. The summed E-state index contributed by atoms with van der Waals surface area (Å²) in [4.78, 5) is 3.91. The molecule has 0 aliphatic carbocycles. The molecule has 0 saturated carbocycles. The number of benzene rings is 3. The van der Waals surface area contributed by atoms with Crippen molar-refractivity contribution in [3.63, 3.8) is 0 Å². The molecule has 3 aromatic carbocycles. The Labute approximate surface area is 189 Å². The summed E-state index contributed by atoms with van der Waals surface area (Å²) in [7, 11) is -3.52. The number of hydrogen-bond acceptors (Lipinski definition) is 4. The molecule has 3 rings (SSSR count). The Bertz CT molecular complexity index is 1060. The molecule has 3 aromatic rings. The van der Waals surface area contributed by atoms with E-state index in [-0.39, 0.29) is 4.75 Å². The Kier molecular flexibility index (Phi) is 7.38. The molecule has 0 amide bonds. The first-order chi connectivity index (χ1) is 14.3. The molecule has 0 N–H and O–H groups in total. The smallest absolute Gasteiger partial charge is 0.206 e. The van der Waals surface area contributed by atoms with Crippen LogP contribution in [0.15, 0.2) is 97.3 Å². The van der Waals surface area contributed by atoms with Crippen molar-refractivity contribution in [3.8, 4) is 0 Å². The number of thioether (sulfide) groups is 1. The molecule has 0 aromatic heterocycles. The van der Waals surface area contributed by atoms with E-state index in [0.717, 1.165) is 27.5 Å².